The Bertz CT molecular complexity index is 2150. The number of allylic oxidation sites excluding steroid dienone is 1. The molecule has 13 nitrogen and oxygen atoms in total. The molecule has 2 aliphatic carbocycles. The van der Waals surface area contributed by atoms with Crippen LogP contribution < -0.4 is 20.1 Å². The Morgan fingerprint density at radius 2 is 1.80 bits per heavy atom. The maximum Gasteiger partial charge on any atom is 0.259 e. The monoisotopic (exact) mass is 764 g/mol. The molecule has 2 saturated carbocycles. The smallest absolute Gasteiger partial charge is 0.259 e. The van der Waals surface area contributed by atoms with Crippen molar-refractivity contribution in [3.05, 3.63) is 77.5 Å². The van der Waals surface area contributed by atoms with E-state index in [2.05, 4.69) is 25.3 Å². The number of halogens is 2. The van der Waals surface area contributed by atoms with Crippen molar-refractivity contribution in [1.82, 2.24) is 30.2 Å². The summed E-state index contributed by atoms with van der Waals surface area (Å²) in [5.74, 6) is -4.34. The van der Waals surface area contributed by atoms with E-state index < -0.39 is 79.7 Å². The Morgan fingerprint density at radius 3 is 2.54 bits per heavy atom. The van der Waals surface area contributed by atoms with Crippen LogP contribution in [-0.2, 0) is 24.4 Å². The van der Waals surface area contributed by atoms with Gasteiger partial charge in [0.15, 0.2) is 5.82 Å². The Balaban J connectivity index is 1.20. The lowest BCUT2D eigenvalue weighted by atomic mass is 10.0. The van der Waals surface area contributed by atoms with Crippen LogP contribution in [-0.4, -0.2) is 81.9 Å². The van der Waals surface area contributed by atoms with Crippen molar-refractivity contribution < 1.29 is 41.1 Å². The van der Waals surface area contributed by atoms with Crippen LogP contribution in [0.2, 0.25) is 0 Å². The van der Waals surface area contributed by atoms with E-state index in [1.54, 1.807) is 19.9 Å². The second-order valence-corrected chi connectivity index (χ2v) is 17.2. The number of amides is 4. The normalized spacial score (nSPS) is 27.4. The fraction of sp³-hybridized carbons (Fsp3) is 0.474. The first-order valence-electron chi connectivity index (χ1n) is 18.2. The van der Waals surface area contributed by atoms with Gasteiger partial charge in [0.1, 0.15) is 40.8 Å². The number of aromatic nitrogens is 2. The van der Waals surface area contributed by atoms with E-state index in [9.17, 15) is 36.4 Å². The summed E-state index contributed by atoms with van der Waals surface area (Å²) in [6, 6.07) is 6.97. The van der Waals surface area contributed by atoms with Crippen LogP contribution in [0.5, 0.6) is 5.88 Å². The van der Waals surface area contributed by atoms with Gasteiger partial charge in [-0.25, -0.2) is 27.2 Å². The van der Waals surface area contributed by atoms with Gasteiger partial charge in [-0.05, 0) is 88.8 Å². The van der Waals surface area contributed by atoms with Crippen LogP contribution in [0, 0.1) is 24.5 Å². The largest absolute Gasteiger partial charge is 0.471 e. The first-order chi connectivity index (χ1) is 25.7. The van der Waals surface area contributed by atoms with Crippen molar-refractivity contribution in [1.29, 1.82) is 0 Å². The van der Waals surface area contributed by atoms with Gasteiger partial charge in [0.05, 0.1) is 16.8 Å². The van der Waals surface area contributed by atoms with Gasteiger partial charge in [-0.15, -0.1) is 0 Å². The number of fused-ring (bicyclic) bond motifs is 3. The molecule has 2 aliphatic heterocycles. The molecule has 4 aliphatic rings. The predicted molar refractivity (Wildman–Crippen MR) is 192 cm³/mol. The van der Waals surface area contributed by atoms with Crippen molar-refractivity contribution >= 4 is 44.7 Å². The summed E-state index contributed by atoms with van der Waals surface area (Å²) in [4.78, 5) is 66.0. The molecule has 1 aromatic heterocycles. The van der Waals surface area contributed by atoms with Crippen molar-refractivity contribution in [2.75, 3.05) is 6.54 Å². The maximum absolute atomic E-state index is 14.7. The molecule has 5 atom stereocenters. The minimum atomic E-state index is -4.03. The molecule has 3 heterocycles. The van der Waals surface area contributed by atoms with Gasteiger partial charge in [0.2, 0.25) is 27.7 Å². The lowest BCUT2D eigenvalue weighted by molar-refractivity contribution is -0.141. The topological polar surface area (TPSA) is 177 Å². The Morgan fingerprint density at radius 1 is 1.04 bits per heavy atom. The molecule has 3 N–H and O–H groups in total. The second-order valence-electron chi connectivity index (χ2n) is 15.0. The first-order valence-corrected chi connectivity index (χ1v) is 19.7. The molecule has 0 unspecified atom stereocenters. The number of nitrogens with zero attached hydrogens (tertiary/aromatic N) is 3. The summed E-state index contributed by atoms with van der Waals surface area (Å²) in [6.07, 6.45) is 6.68. The third-order valence-electron chi connectivity index (χ3n) is 10.9. The van der Waals surface area contributed by atoms with E-state index in [-0.39, 0.29) is 42.8 Å². The average molecular weight is 765 g/mol. The summed E-state index contributed by atoms with van der Waals surface area (Å²) in [7, 11) is -4.03. The van der Waals surface area contributed by atoms with Crippen molar-refractivity contribution in [2.24, 2.45) is 5.92 Å². The highest BCUT2D eigenvalue weighted by atomic mass is 32.2. The standard InChI is InChI=1S/C38H42F2N6O7S/c1-22-34(43-31-27(40)10-8-12-28(31)41-22)53-26-19-30-33(48)44-38(36(50)45-54(51,52)37(2)17-18-37)20-24(38)9-6-4-3-5-7-11-29(35(49)46(30)21-26)42-32(47)23-13-15-25(39)16-14-23/h6,8-10,12-16,24,26,29-30H,3-5,7,11,17-21H2,1-2H3,(H,42,47)(H,44,48)(H,45,50)/b9-6-/t24-,26-,29+,30+,38-/m1/s1. The second kappa shape index (κ2) is 14.3. The molecule has 16 heteroatoms. The highest BCUT2D eigenvalue weighted by Gasteiger charge is 2.63. The lowest BCUT2D eigenvalue weighted by Gasteiger charge is -2.30. The third kappa shape index (κ3) is 7.39. The van der Waals surface area contributed by atoms with Crippen LogP contribution >= 0.6 is 0 Å². The van der Waals surface area contributed by atoms with Crippen LogP contribution in [0.25, 0.3) is 11.0 Å². The maximum atomic E-state index is 14.7. The zero-order chi connectivity index (χ0) is 38.4. The van der Waals surface area contributed by atoms with Gasteiger partial charge in [0.25, 0.3) is 11.8 Å². The molecular formula is C38H42F2N6O7S. The van der Waals surface area contributed by atoms with E-state index in [1.807, 2.05) is 12.2 Å². The minimum Gasteiger partial charge on any atom is -0.471 e. The Hall–Kier alpha value is -4.99. The molecule has 2 aromatic carbocycles. The Kier molecular flexibility index (Phi) is 9.91. The molecule has 1 saturated heterocycles. The van der Waals surface area contributed by atoms with Gasteiger partial charge < -0.3 is 20.3 Å². The Labute approximate surface area is 311 Å². The highest BCUT2D eigenvalue weighted by Crippen LogP contribution is 2.47. The molecule has 0 radical (unpaired) electrons. The lowest BCUT2D eigenvalue weighted by Crippen LogP contribution is -2.58. The van der Waals surface area contributed by atoms with E-state index in [0.29, 0.717) is 43.3 Å². The molecule has 54 heavy (non-hydrogen) atoms. The van der Waals surface area contributed by atoms with E-state index in [1.165, 1.54) is 29.2 Å². The number of benzene rings is 2. The number of carbonyl (C=O) groups excluding carboxylic acids is 4. The van der Waals surface area contributed by atoms with Crippen molar-refractivity contribution in [3.8, 4) is 5.88 Å². The fourth-order valence-electron chi connectivity index (χ4n) is 7.17. The number of hydrogen-bond donors (Lipinski definition) is 3. The van der Waals surface area contributed by atoms with E-state index in [0.717, 1.165) is 18.6 Å². The van der Waals surface area contributed by atoms with Crippen LogP contribution in [0.3, 0.4) is 0 Å². The molecule has 286 valence electrons. The quantitative estimate of drug-likeness (QED) is 0.303. The average Bonchev–Trinajstić information content (AvgIpc) is 4.01. The zero-order valence-corrected chi connectivity index (χ0v) is 30.8. The summed E-state index contributed by atoms with van der Waals surface area (Å²) < 4.78 is 61.9. The van der Waals surface area contributed by atoms with Gasteiger partial charge in [0, 0.05) is 17.9 Å². The fourth-order valence-corrected chi connectivity index (χ4v) is 8.49. The molecule has 4 amide bonds. The number of para-hydroxylation sites is 1. The van der Waals surface area contributed by atoms with Gasteiger partial charge in [-0.1, -0.05) is 31.1 Å². The predicted octanol–water partition coefficient (Wildman–Crippen LogP) is 3.76. The number of nitrogens with one attached hydrogen (secondary N) is 3. The van der Waals surface area contributed by atoms with E-state index >= 15 is 0 Å². The summed E-state index contributed by atoms with van der Waals surface area (Å²) in [5.41, 5.74) is -0.774. The number of rotatable bonds is 7. The minimum absolute atomic E-state index is 0.0105. The van der Waals surface area contributed by atoms with Gasteiger partial charge >= 0.3 is 0 Å². The van der Waals surface area contributed by atoms with Crippen LogP contribution in [0.15, 0.2) is 54.6 Å². The number of sulfonamides is 1. The van der Waals surface area contributed by atoms with Crippen molar-refractivity contribution in [3.63, 3.8) is 0 Å². The van der Waals surface area contributed by atoms with Gasteiger partial charge in [-0.2, -0.15) is 0 Å². The molecule has 0 spiro atoms. The molecular weight excluding hydrogens is 723 g/mol. The summed E-state index contributed by atoms with van der Waals surface area (Å²) in [5, 5.41) is 5.60. The number of carbonyl (C=O) groups is 4. The number of ether oxygens (including phenoxy) is 1. The molecule has 7 rings (SSSR count). The number of hydrogen-bond acceptors (Lipinski definition) is 9. The molecule has 3 aromatic rings. The van der Waals surface area contributed by atoms with Crippen molar-refractivity contribution in [2.45, 2.75) is 100 Å². The van der Waals surface area contributed by atoms with Gasteiger partial charge in [-0.3, -0.25) is 23.9 Å². The molecule has 0 bridgehead atoms. The van der Waals surface area contributed by atoms with E-state index in [4.69, 9.17) is 4.74 Å². The van der Waals surface area contributed by atoms with Crippen LogP contribution in [0.1, 0.15) is 80.8 Å². The SMILES string of the molecule is Cc1nc2cccc(F)c2nc1O[C@@H]1C[C@H]2C(=O)N[C@]3(C(=O)NS(=O)(=O)C4(C)CC4)C[C@H]3/C=C\CCCCC[C@H](NC(=O)c3ccc(F)cc3)C(=O)N2C1. The highest BCUT2D eigenvalue weighted by molar-refractivity contribution is 7.91. The first kappa shape index (κ1) is 37.3. The zero-order valence-electron chi connectivity index (χ0n) is 29.9. The summed E-state index contributed by atoms with van der Waals surface area (Å²) >= 11 is 0. The van der Waals surface area contributed by atoms with Crippen LogP contribution in [0.4, 0.5) is 8.78 Å². The third-order valence-corrected chi connectivity index (χ3v) is 13.1. The number of aryl methyl sites for hydroxylation is 1. The molecule has 3 fully saturated rings. The summed E-state index contributed by atoms with van der Waals surface area (Å²) in [6.45, 7) is 3.06.